The Kier molecular flexibility index (Phi) is 15.5. The molecular weight excluding hydrogens is 334 g/mol. The number of hydrogen-bond acceptors (Lipinski definition) is 3. The van der Waals surface area contributed by atoms with Crippen LogP contribution in [0.4, 0.5) is 0 Å². The number of allylic oxidation sites excluding steroid dienone is 2. The van der Waals surface area contributed by atoms with Gasteiger partial charge in [0, 0.05) is 0 Å². The van der Waals surface area contributed by atoms with E-state index in [2.05, 4.69) is 24.1 Å². The van der Waals surface area contributed by atoms with Gasteiger partial charge in [0.15, 0.2) is 5.90 Å². The minimum Gasteiger partial charge on any atom is -0.479 e. The standard InChI is InChI=1S/C24H45NO2/c1-3-5-6-7-8-9-10-11-12-13-14-15-16-17-18-19-22(23(26)4-2)24-25-20-21-27-24/h11-12,22-23,26H,3-10,13-21H2,1-2H3/b12-11-. The molecule has 1 aliphatic rings. The number of ether oxygens (including phenoxy) is 1. The molecular formula is C24H45NO2. The average molecular weight is 380 g/mol. The number of rotatable bonds is 18. The van der Waals surface area contributed by atoms with Gasteiger partial charge in [-0.3, -0.25) is 4.99 Å². The second-order valence-electron chi connectivity index (χ2n) is 8.02. The lowest BCUT2D eigenvalue weighted by atomic mass is 9.93. The molecule has 0 aliphatic carbocycles. The van der Waals surface area contributed by atoms with Crippen LogP contribution in [0.1, 0.15) is 110 Å². The molecule has 3 nitrogen and oxygen atoms in total. The third-order valence-electron chi connectivity index (χ3n) is 5.59. The van der Waals surface area contributed by atoms with E-state index >= 15 is 0 Å². The summed E-state index contributed by atoms with van der Waals surface area (Å²) in [6.07, 6.45) is 23.4. The van der Waals surface area contributed by atoms with Crippen LogP contribution >= 0.6 is 0 Å². The highest BCUT2D eigenvalue weighted by Gasteiger charge is 2.26. The lowest BCUT2D eigenvalue weighted by Crippen LogP contribution is -2.28. The monoisotopic (exact) mass is 379 g/mol. The first-order chi connectivity index (χ1) is 13.3. The summed E-state index contributed by atoms with van der Waals surface area (Å²) in [4.78, 5) is 4.42. The molecule has 27 heavy (non-hydrogen) atoms. The summed E-state index contributed by atoms with van der Waals surface area (Å²) in [5.74, 6) is 0.919. The Morgan fingerprint density at radius 2 is 1.48 bits per heavy atom. The first-order valence-corrected chi connectivity index (χ1v) is 11.8. The summed E-state index contributed by atoms with van der Waals surface area (Å²) in [6, 6.07) is 0. The van der Waals surface area contributed by atoms with E-state index in [-0.39, 0.29) is 12.0 Å². The van der Waals surface area contributed by atoms with Crippen molar-refractivity contribution in [1.29, 1.82) is 0 Å². The van der Waals surface area contributed by atoms with Gasteiger partial charge in [0.25, 0.3) is 0 Å². The zero-order chi connectivity index (χ0) is 19.6. The van der Waals surface area contributed by atoms with E-state index < -0.39 is 0 Å². The number of aliphatic hydroxyl groups excluding tert-OH is 1. The van der Waals surface area contributed by atoms with E-state index in [1.165, 1.54) is 77.0 Å². The van der Waals surface area contributed by atoms with Gasteiger partial charge in [-0.05, 0) is 38.5 Å². The van der Waals surface area contributed by atoms with Gasteiger partial charge in [-0.15, -0.1) is 0 Å². The lowest BCUT2D eigenvalue weighted by Gasteiger charge is -2.21. The molecule has 158 valence electrons. The van der Waals surface area contributed by atoms with Crippen LogP contribution in [-0.4, -0.2) is 30.3 Å². The Labute approximate surface area is 168 Å². The Balaban J connectivity index is 1.93. The zero-order valence-electron chi connectivity index (χ0n) is 18.1. The highest BCUT2D eigenvalue weighted by atomic mass is 16.5. The van der Waals surface area contributed by atoms with Crippen molar-refractivity contribution in [2.24, 2.45) is 10.9 Å². The van der Waals surface area contributed by atoms with Crippen LogP contribution < -0.4 is 0 Å². The SMILES string of the molecule is CCCCCCCC/C=C\CCCCCCCC(C1=NCCO1)C(O)CC. The predicted octanol–water partition coefficient (Wildman–Crippen LogP) is 6.84. The number of aliphatic hydroxyl groups is 1. The van der Waals surface area contributed by atoms with Gasteiger partial charge in [0.2, 0.25) is 0 Å². The minimum absolute atomic E-state index is 0.113. The van der Waals surface area contributed by atoms with Gasteiger partial charge in [-0.1, -0.05) is 83.8 Å². The van der Waals surface area contributed by atoms with Gasteiger partial charge in [-0.25, -0.2) is 0 Å². The van der Waals surface area contributed by atoms with Crippen molar-refractivity contribution in [1.82, 2.24) is 0 Å². The molecule has 1 N–H and O–H groups in total. The van der Waals surface area contributed by atoms with Crippen LogP contribution in [0.25, 0.3) is 0 Å². The first-order valence-electron chi connectivity index (χ1n) is 11.8. The molecule has 0 fully saturated rings. The van der Waals surface area contributed by atoms with Gasteiger partial charge in [0.05, 0.1) is 18.6 Å². The van der Waals surface area contributed by atoms with Crippen LogP contribution in [0, 0.1) is 5.92 Å². The summed E-state index contributed by atoms with van der Waals surface area (Å²) < 4.78 is 5.60. The van der Waals surface area contributed by atoms with E-state index in [9.17, 15) is 5.11 Å². The fourth-order valence-corrected chi connectivity index (χ4v) is 3.78. The van der Waals surface area contributed by atoms with Gasteiger partial charge < -0.3 is 9.84 Å². The second kappa shape index (κ2) is 17.3. The Morgan fingerprint density at radius 1 is 0.889 bits per heavy atom. The predicted molar refractivity (Wildman–Crippen MR) is 117 cm³/mol. The van der Waals surface area contributed by atoms with E-state index in [0.717, 1.165) is 31.7 Å². The normalized spacial score (nSPS) is 16.5. The smallest absolute Gasteiger partial charge is 0.189 e. The maximum atomic E-state index is 10.2. The average Bonchev–Trinajstić information content (AvgIpc) is 3.21. The number of nitrogens with zero attached hydrogens (tertiary/aromatic N) is 1. The third kappa shape index (κ3) is 12.3. The van der Waals surface area contributed by atoms with Gasteiger partial charge in [0.1, 0.15) is 6.61 Å². The van der Waals surface area contributed by atoms with Crippen LogP contribution in [0.3, 0.4) is 0 Å². The van der Waals surface area contributed by atoms with Crippen molar-refractivity contribution in [3.63, 3.8) is 0 Å². The summed E-state index contributed by atoms with van der Waals surface area (Å²) in [5, 5.41) is 10.2. The van der Waals surface area contributed by atoms with E-state index in [0.29, 0.717) is 6.61 Å². The van der Waals surface area contributed by atoms with Crippen LogP contribution in [0.2, 0.25) is 0 Å². The summed E-state index contributed by atoms with van der Waals surface area (Å²) in [5.41, 5.74) is 0. The van der Waals surface area contributed by atoms with Gasteiger partial charge >= 0.3 is 0 Å². The van der Waals surface area contributed by atoms with Crippen molar-refractivity contribution >= 4 is 5.90 Å². The topological polar surface area (TPSA) is 41.8 Å². The quantitative estimate of drug-likeness (QED) is 0.209. The van der Waals surface area contributed by atoms with Crippen molar-refractivity contribution < 1.29 is 9.84 Å². The maximum Gasteiger partial charge on any atom is 0.189 e. The fraction of sp³-hybridized carbons (Fsp3) is 0.875. The van der Waals surface area contributed by atoms with E-state index in [4.69, 9.17) is 4.74 Å². The molecule has 0 saturated heterocycles. The number of hydrogen-bond donors (Lipinski definition) is 1. The molecule has 2 unspecified atom stereocenters. The zero-order valence-corrected chi connectivity index (χ0v) is 18.1. The largest absolute Gasteiger partial charge is 0.479 e. The summed E-state index contributed by atoms with van der Waals surface area (Å²) in [7, 11) is 0. The van der Waals surface area contributed by atoms with Gasteiger partial charge in [-0.2, -0.15) is 0 Å². The van der Waals surface area contributed by atoms with Crippen LogP contribution in [-0.2, 0) is 4.74 Å². The van der Waals surface area contributed by atoms with Crippen molar-refractivity contribution in [3.05, 3.63) is 12.2 Å². The molecule has 0 saturated carbocycles. The molecule has 3 heteroatoms. The molecule has 0 bridgehead atoms. The molecule has 1 heterocycles. The molecule has 0 aromatic rings. The maximum absolute atomic E-state index is 10.2. The van der Waals surface area contributed by atoms with Crippen molar-refractivity contribution in [3.8, 4) is 0 Å². The van der Waals surface area contributed by atoms with Crippen LogP contribution in [0.15, 0.2) is 17.1 Å². The highest BCUT2D eigenvalue weighted by molar-refractivity contribution is 5.80. The molecule has 0 radical (unpaired) electrons. The molecule has 0 aromatic heterocycles. The van der Waals surface area contributed by atoms with E-state index in [1.54, 1.807) is 0 Å². The Hall–Kier alpha value is -0.830. The minimum atomic E-state index is -0.307. The third-order valence-corrected chi connectivity index (χ3v) is 5.59. The van der Waals surface area contributed by atoms with E-state index in [1.807, 2.05) is 6.92 Å². The second-order valence-corrected chi connectivity index (χ2v) is 8.02. The first kappa shape index (κ1) is 24.2. The number of unbranched alkanes of at least 4 members (excludes halogenated alkanes) is 11. The molecule has 2 atom stereocenters. The van der Waals surface area contributed by atoms with Crippen molar-refractivity contribution in [2.75, 3.05) is 13.2 Å². The lowest BCUT2D eigenvalue weighted by molar-refractivity contribution is 0.116. The molecule has 1 aliphatic heterocycles. The molecule has 0 aromatic carbocycles. The summed E-state index contributed by atoms with van der Waals surface area (Å²) in [6.45, 7) is 5.76. The highest BCUT2D eigenvalue weighted by Crippen LogP contribution is 2.21. The molecule has 0 amide bonds. The van der Waals surface area contributed by atoms with Crippen molar-refractivity contribution in [2.45, 2.75) is 116 Å². The fourth-order valence-electron chi connectivity index (χ4n) is 3.78. The number of aliphatic imine (C=N–C) groups is 1. The molecule has 0 spiro atoms. The Morgan fingerprint density at radius 3 is 2.04 bits per heavy atom. The summed E-state index contributed by atoms with van der Waals surface area (Å²) >= 11 is 0. The molecule has 1 rings (SSSR count). The Bertz CT molecular complexity index is 392. The van der Waals surface area contributed by atoms with Crippen LogP contribution in [0.5, 0.6) is 0 Å².